The Morgan fingerprint density at radius 3 is 1.76 bits per heavy atom. The van der Waals surface area contributed by atoms with Gasteiger partial charge in [0.05, 0.1) is 40.7 Å². The van der Waals surface area contributed by atoms with Crippen LogP contribution in [-0.2, 0) is 5.06 Å². The Balaban J connectivity index is 2.73. The number of phenols is 1. The van der Waals surface area contributed by atoms with Gasteiger partial charge >= 0.3 is 0 Å². The minimum Gasteiger partial charge on any atom is -0.506 e. The molecule has 0 radical (unpaired) electrons. The van der Waals surface area contributed by atoms with Crippen molar-refractivity contribution in [3.8, 4) is 5.75 Å². The summed E-state index contributed by atoms with van der Waals surface area (Å²) in [7, 11) is 0. The highest BCUT2D eigenvalue weighted by Crippen LogP contribution is 2.59. The Morgan fingerprint density at radius 2 is 1.24 bits per heavy atom. The van der Waals surface area contributed by atoms with Crippen LogP contribution in [0.2, 0.25) is 25.1 Å². The van der Waals surface area contributed by atoms with Crippen LogP contribution in [-0.4, -0.2) is 15.6 Å². The maximum absolute atomic E-state index is 10.6. The third-order valence-electron chi connectivity index (χ3n) is 3.77. The number of benzene rings is 2. The normalized spacial score (nSPS) is 23.4. The van der Waals surface area contributed by atoms with Crippen molar-refractivity contribution in [2.24, 2.45) is 0 Å². The molecule has 134 valence electrons. The Labute approximate surface area is 186 Å². The van der Waals surface area contributed by atoms with Gasteiger partial charge in [-0.25, -0.2) is 0 Å². The van der Waals surface area contributed by atoms with Crippen LogP contribution in [0, 0.1) is 0 Å². The summed E-state index contributed by atoms with van der Waals surface area (Å²) < 4.78 is 0. The van der Waals surface area contributed by atoms with E-state index in [0.29, 0.717) is 0 Å². The minimum absolute atomic E-state index is 0.00318. The van der Waals surface area contributed by atoms with E-state index in [2.05, 4.69) is 0 Å². The van der Waals surface area contributed by atoms with Gasteiger partial charge in [-0.05, 0) is 0 Å². The predicted molar refractivity (Wildman–Crippen MR) is 109 cm³/mol. The first-order chi connectivity index (χ1) is 11.4. The molecular weight excluding hydrogens is 519 g/mol. The van der Waals surface area contributed by atoms with E-state index in [1.807, 2.05) is 0 Å². The molecule has 1 aliphatic carbocycles. The first-order valence-corrected chi connectivity index (χ1v) is 9.71. The molecule has 2 unspecified atom stereocenters. The van der Waals surface area contributed by atoms with Crippen molar-refractivity contribution < 1.29 is 10.2 Å². The molecular formula is C14H3Cl9O2. The molecule has 0 saturated carbocycles. The summed E-state index contributed by atoms with van der Waals surface area (Å²) in [5, 5.41) is 16.9. The molecule has 2 aromatic rings. The SMILES string of the molecule is Oc1c2c(c3c(Cl)c(Cl)c(Cl)c(Cl)c3c1Cl)C(Cl)=C(Cl)C(Cl)C2(O)Cl. The van der Waals surface area contributed by atoms with Crippen LogP contribution in [0.25, 0.3) is 15.8 Å². The van der Waals surface area contributed by atoms with Crippen LogP contribution in [0.1, 0.15) is 11.1 Å². The quantitative estimate of drug-likeness (QED) is 0.209. The van der Waals surface area contributed by atoms with Crippen molar-refractivity contribution in [2.45, 2.75) is 10.4 Å². The second-order valence-corrected chi connectivity index (χ2v) is 8.80. The molecule has 0 aromatic heterocycles. The van der Waals surface area contributed by atoms with Crippen LogP contribution >= 0.6 is 104 Å². The first-order valence-electron chi connectivity index (χ1n) is 6.25. The molecule has 0 spiro atoms. The maximum atomic E-state index is 10.6. The lowest BCUT2D eigenvalue weighted by Crippen LogP contribution is -2.34. The molecule has 0 fully saturated rings. The van der Waals surface area contributed by atoms with Gasteiger partial charge in [0.2, 0.25) is 0 Å². The lowest BCUT2D eigenvalue weighted by Gasteiger charge is -2.35. The van der Waals surface area contributed by atoms with Gasteiger partial charge in [0.1, 0.15) is 11.1 Å². The van der Waals surface area contributed by atoms with Gasteiger partial charge in [-0.15, -0.1) is 11.6 Å². The van der Waals surface area contributed by atoms with Crippen LogP contribution in [0.3, 0.4) is 0 Å². The van der Waals surface area contributed by atoms with E-state index in [9.17, 15) is 10.2 Å². The van der Waals surface area contributed by atoms with Gasteiger partial charge in [-0.2, -0.15) is 0 Å². The topological polar surface area (TPSA) is 40.5 Å². The molecule has 0 aliphatic heterocycles. The van der Waals surface area contributed by atoms with Crippen molar-refractivity contribution >= 4 is 120 Å². The van der Waals surface area contributed by atoms with Crippen LogP contribution in [0.5, 0.6) is 5.75 Å². The van der Waals surface area contributed by atoms with Gasteiger partial charge in [-0.1, -0.05) is 92.8 Å². The largest absolute Gasteiger partial charge is 0.506 e. The monoisotopic (exact) mass is 518 g/mol. The number of fused-ring (bicyclic) bond motifs is 3. The van der Waals surface area contributed by atoms with E-state index >= 15 is 0 Å². The summed E-state index contributed by atoms with van der Waals surface area (Å²) in [6.45, 7) is 0. The fraction of sp³-hybridized carbons (Fsp3) is 0.143. The van der Waals surface area contributed by atoms with Crippen LogP contribution in [0.4, 0.5) is 0 Å². The van der Waals surface area contributed by atoms with Gasteiger partial charge in [0, 0.05) is 16.3 Å². The number of rotatable bonds is 0. The van der Waals surface area contributed by atoms with Crippen molar-refractivity contribution in [3.05, 3.63) is 41.3 Å². The summed E-state index contributed by atoms with van der Waals surface area (Å²) in [6, 6.07) is 0. The molecule has 0 saturated heterocycles. The zero-order valence-electron chi connectivity index (χ0n) is 11.4. The number of halogens is 9. The van der Waals surface area contributed by atoms with Crippen LogP contribution < -0.4 is 0 Å². The number of aliphatic hydroxyl groups is 1. The molecule has 0 heterocycles. The first kappa shape index (κ1) is 20.5. The molecule has 2 atom stereocenters. The summed E-state index contributed by atoms with van der Waals surface area (Å²) in [5.41, 5.74) is -0.263. The fourth-order valence-electron chi connectivity index (χ4n) is 2.63. The number of alkyl halides is 2. The van der Waals surface area contributed by atoms with E-state index in [1.54, 1.807) is 0 Å². The third-order valence-corrected chi connectivity index (χ3v) is 8.00. The predicted octanol–water partition coefficient (Wildman–Crippen LogP) is 7.96. The summed E-state index contributed by atoms with van der Waals surface area (Å²) in [6.07, 6.45) is 0. The highest BCUT2D eigenvalue weighted by atomic mass is 35.5. The minimum atomic E-state index is -2.32. The van der Waals surface area contributed by atoms with Gasteiger partial charge in [-0.3, -0.25) is 0 Å². The average molecular weight is 522 g/mol. The maximum Gasteiger partial charge on any atom is 0.190 e. The Hall–Kier alpha value is 0.810. The second kappa shape index (κ2) is 6.70. The highest BCUT2D eigenvalue weighted by Gasteiger charge is 2.48. The van der Waals surface area contributed by atoms with Gasteiger partial charge in [0.15, 0.2) is 5.06 Å². The highest BCUT2D eigenvalue weighted by molar-refractivity contribution is 6.61. The van der Waals surface area contributed by atoms with Crippen molar-refractivity contribution in [2.75, 3.05) is 0 Å². The molecule has 2 aromatic carbocycles. The molecule has 0 amide bonds. The van der Waals surface area contributed by atoms with E-state index in [1.165, 1.54) is 0 Å². The molecule has 11 heteroatoms. The molecule has 3 rings (SSSR count). The van der Waals surface area contributed by atoms with Crippen LogP contribution in [0.15, 0.2) is 5.03 Å². The summed E-state index contributed by atoms with van der Waals surface area (Å²) >= 11 is 55.5. The molecule has 0 bridgehead atoms. The van der Waals surface area contributed by atoms with Gasteiger partial charge in [0.25, 0.3) is 0 Å². The van der Waals surface area contributed by atoms with Gasteiger partial charge < -0.3 is 10.2 Å². The van der Waals surface area contributed by atoms with E-state index < -0.39 is 16.2 Å². The second-order valence-electron chi connectivity index (χ2n) is 5.12. The number of hydrogen-bond acceptors (Lipinski definition) is 2. The van der Waals surface area contributed by atoms with Crippen molar-refractivity contribution in [1.29, 1.82) is 0 Å². The lowest BCUT2D eigenvalue weighted by atomic mass is 9.88. The molecule has 2 nitrogen and oxygen atoms in total. The number of aromatic hydroxyl groups is 1. The average Bonchev–Trinajstić information content (AvgIpc) is 2.56. The number of hydrogen-bond donors (Lipinski definition) is 2. The molecule has 25 heavy (non-hydrogen) atoms. The smallest absolute Gasteiger partial charge is 0.190 e. The van der Waals surface area contributed by atoms with Crippen molar-refractivity contribution in [3.63, 3.8) is 0 Å². The van der Waals surface area contributed by atoms with E-state index in [0.717, 1.165) is 0 Å². The van der Waals surface area contributed by atoms with E-state index in [4.69, 9.17) is 104 Å². The van der Waals surface area contributed by atoms with Crippen molar-refractivity contribution in [1.82, 2.24) is 0 Å². The number of phenolic OH excluding ortho intramolecular Hbond substituents is 1. The fourth-order valence-corrected chi connectivity index (χ4v) is 5.18. The molecule has 1 aliphatic rings. The zero-order chi connectivity index (χ0) is 19.0. The lowest BCUT2D eigenvalue weighted by molar-refractivity contribution is 0.130. The Kier molecular flexibility index (Phi) is 5.51. The summed E-state index contributed by atoms with van der Waals surface area (Å²) in [4.78, 5) is 0. The Bertz CT molecular complexity index is 981. The standard InChI is InChI=1S/C14H3Cl9O2/c15-5-1-2-4(14(23,25)13(22)11(21)6(2)16)12(24)8(18)3(1)7(17)10(20)9(5)19/h13,24-25H. The van der Waals surface area contributed by atoms with E-state index in [-0.39, 0.29) is 57.1 Å². The summed E-state index contributed by atoms with van der Waals surface area (Å²) in [5.74, 6) is -0.592. The Morgan fingerprint density at radius 1 is 0.760 bits per heavy atom. The third kappa shape index (κ3) is 2.73. The molecule has 2 N–H and O–H groups in total. The zero-order valence-corrected chi connectivity index (χ0v) is 18.2.